The Morgan fingerprint density at radius 1 is 1.12 bits per heavy atom. The largest absolute Gasteiger partial charge is 0.488 e. The molecule has 0 atom stereocenters. The van der Waals surface area contributed by atoms with E-state index in [0.29, 0.717) is 32.3 Å². The van der Waals surface area contributed by atoms with Crippen LogP contribution in [0.4, 0.5) is 0 Å². The summed E-state index contributed by atoms with van der Waals surface area (Å²) in [5.41, 5.74) is 2.20. The van der Waals surface area contributed by atoms with Crippen molar-refractivity contribution in [2.24, 2.45) is 5.41 Å². The highest BCUT2D eigenvalue weighted by Gasteiger charge is 2.44. The third kappa shape index (κ3) is 5.60. The summed E-state index contributed by atoms with van der Waals surface area (Å²) in [6.45, 7) is 1.54. The first-order valence-electron chi connectivity index (χ1n) is 11.3. The number of carbonyl (C=O) groups excluding carboxylic acids is 1. The summed E-state index contributed by atoms with van der Waals surface area (Å²) in [6.07, 6.45) is 1.69. The molecule has 174 valence electrons. The van der Waals surface area contributed by atoms with Gasteiger partial charge in [0.2, 0.25) is 0 Å². The van der Waals surface area contributed by atoms with Crippen LogP contribution in [0, 0.1) is 5.41 Å². The predicted molar refractivity (Wildman–Crippen MR) is 130 cm³/mol. The lowest BCUT2D eigenvalue weighted by Crippen LogP contribution is -2.38. The minimum Gasteiger partial charge on any atom is -0.488 e. The molecular weight excluding hydrogens is 436 g/mol. The SMILES string of the molecule is C[N+](C)(C)CCOc1ccc2sc(CCC(=O)C3(CC(=O)O)Cc4ccccc4C3)nc2c1. The molecular formula is C26H31N2O4S+. The van der Waals surface area contributed by atoms with Crippen molar-refractivity contribution >= 4 is 33.3 Å². The van der Waals surface area contributed by atoms with Gasteiger partial charge in [0.1, 0.15) is 24.7 Å². The van der Waals surface area contributed by atoms with Gasteiger partial charge in [-0.1, -0.05) is 24.3 Å². The zero-order chi connectivity index (χ0) is 23.6. The first-order chi connectivity index (χ1) is 15.6. The van der Waals surface area contributed by atoms with Gasteiger partial charge < -0.3 is 14.3 Å². The summed E-state index contributed by atoms with van der Waals surface area (Å²) in [4.78, 5) is 29.6. The third-order valence-electron chi connectivity index (χ3n) is 6.26. The Labute approximate surface area is 198 Å². The van der Waals surface area contributed by atoms with Crippen molar-refractivity contribution in [3.8, 4) is 5.75 Å². The van der Waals surface area contributed by atoms with E-state index in [0.717, 1.165) is 43.1 Å². The van der Waals surface area contributed by atoms with E-state index in [9.17, 15) is 14.7 Å². The van der Waals surface area contributed by atoms with Gasteiger partial charge in [0.15, 0.2) is 0 Å². The number of quaternary nitrogens is 1. The summed E-state index contributed by atoms with van der Waals surface area (Å²) >= 11 is 1.58. The number of fused-ring (bicyclic) bond motifs is 2. The monoisotopic (exact) mass is 467 g/mol. The van der Waals surface area contributed by atoms with E-state index in [2.05, 4.69) is 21.1 Å². The summed E-state index contributed by atoms with van der Waals surface area (Å²) in [5.74, 6) is -0.105. The Bertz CT molecular complexity index is 1150. The summed E-state index contributed by atoms with van der Waals surface area (Å²) in [7, 11) is 6.39. The Kier molecular flexibility index (Phi) is 6.54. The van der Waals surface area contributed by atoms with Crippen LogP contribution in [0.2, 0.25) is 0 Å². The maximum Gasteiger partial charge on any atom is 0.304 e. The molecule has 0 radical (unpaired) electrons. The number of Topliss-reactive ketones (excluding diaryl/α,β-unsaturated/α-hetero) is 1. The predicted octanol–water partition coefficient (Wildman–Crippen LogP) is 4.14. The van der Waals surface area contributed by atoms with Crippen LogP contribution < -0.4 is 4.74 Å². The fourth-order valence-electron chi connectivity index (χ4n) is 4.48. The number of thiazole rings is 1. The number of ketones is 1. The number of benzene rings is 2. The fraction of sp³-hybridized carbons (Fsp3) is 0.423. The molecule has 2 aromatic carbocycles. The number of aliphatic carboxylic acids is 1. The van der Waals surface area contributed by atoms with Crippen molar-refractivity contribution in [2.75, 3.05) is 34.3 Å². The molecule has 0 unspecified atom stereocenters. The van der Waals surface area contributed by atoms with Crippen LogP contribution in [0.15, 0.2) is 42.5 Å². The van der Waals surface area contributed by atoms with Crippen molar-refractivity contribution in [1.82, 2.24) is 4.98 Å². The molecule has 0 spiro atoms. The number of carboxylic acids is 1. The Hall–Kier alpha value is -2.77. The van der Waals surface area contributed by atoms with Crippen LogP contribution in [0.1, 0.15) is 29.0 Å². The molecule has 3 aromatic rings. The minimum atomic E-state index is -0.922. The number of carbonyl (C=O) groups is 2. The van der Waals surface area contributed by atoms with E-state index in [4.69, 9.17) is 9.72 Å². The lowest BCUT2D eigenvalue weighted by atomic mass is 9.76. The molecule has 1 aliphatic rings. The number of aromatic nitrogens is 1. The van der Waals surface area contributed by atoms with Gasteiger partial charge in [-0.2, -0.15) is 0 Å². The average molecular weight is 468 g/mol. The molecule has 1 N–H and O–H groups in total. The number of carboxylic acid groups (broad SMARTS) is 1. The first-order valence-corrected chi connectivity index (χ1v) is 12.1. The van der Waals surface area contributed by atoms with E-state index in [-0.39, 0.29) is 12.2 Å². The topological polar surface area (TPSA) is 76.5 Å². The molecule has 0 saturated carbocycles. The molecule has 1 aromatic heterocycles. The van der Waals surface area contributed by atoms with Crippen LogP contribution in [0.3, 0.4) is 0 Å². The molecule has 0 fully saturated rings. The van der Waals surface area contributed by atoms with Gasteiger partial charge in [0.25, 0.3) is 0 Å². The van der Waals surface area contributed by atoms with Crippen molar-refractivity contribution in [1.29, 1.82) is 0 Å². The second-order valence-corrected chi connectivity index (χ2v) is 11.1. The molecule has 0 aliphatic heterocycles. The molecule has 1 heterocycles. The number of nitrogens with zero attached hydrogens (tertiary/aromatic N) is 2. The number of hydrogen-bond acceptors (Lipinski definition) is 5. The zero-order valence-corrected chi connectivity index (χ0v) is 20.3. The Balaban J connectivity index is 1.42. The van der Waals surface area contributed by atoms with Crippen LogP contribution in [0.25, 0.3) is 10.2 Å². The fourth-order valence-corrected chi connectivity index (χ4v) is 5.43. The maximum atomic E-state index is 13.3. The lowest BCUT2D eigenvalue weighted by Gasteiger charge is -2.25. The number of ether oxygens (including phenoxy) is 1. The van der Waals surface area contributed by atoms with E-state index in [1.165, 1.54) is 0 Å². The van der Waals surface area contributed by atoms with Gasteiger partial charge in [0, 0.05) is 24.3 Å². The summed E-state index contributed by atoms with van der Waals surface area (Å²) < 4.78 is 7.78. The summed E-state index contributed by atoms with van der Waals surface area (Å²) in [5, 5.41) is 10.4. The van der Waals surface area contributed by atoms with Crippen LogP contribution >= 0.6 is 11.3 Å². The summed E-state index contributed by atoms with van der Waals surface area (Å²) in [6, 6.07) is 13.8. The number of rotatable bonds is 10. The normalized spacial score (nSPS) is 14.9. The second-order valence-electron chi connectivity index (χ2n) is 10.00. The molecule has 0 amide bonds. The minimum absolute atomic E-state index is 0.0182. The number of aryl methyl sites for hydroxylation is 1. The van der Waals surface area contributed by atoms with Gasteiger partial charge in [-0.15, -0.1) is 11.3 Å². The van der Waals surface area contributed by atoms with E-state index in [1.807, 2.05) is 42.5 Å². The Morgan fingerprint density at radius 3 is 2.45 bits per heavy atom. The van der Waals surface area contributed by atoms with Crippen molar-refractivity contribution in [2.45, 2.75) is 32.1 Å². The number of hydrogen-bond donors (Lipinski definition) is 1. The average Bonchev–Trinajstić information content (AvgIpc) is 3.31. The van der Waals surface area contributed by atoms with E-state index >= 15 is 0 Å². The van der Waals surface area contributed by atoms with Crippen LogP contribution in [-0.4, -0.2) is 60.6 Å². The lowest BCUT2D eigenvalue weighted by molar-refractivity contribution is -0.870. The van der Waals surface area contributed by atoms with E-state index < -0.39 is 11.4 Å². The van der Waals surface area contributed by atoms with Gasteiger partial charge >= 0.3 is 5.97 Å². The smallest absolute Gasteiger partial charge is 0.304 e. The van der Waals surface area contributed by atoms with Gasteiger partial charge in [-0.05, 0) is 36.1 Å². The highest BCUT2D eigenvalue weighted by molar-refractivity contribution is 7.18. The highest BCUT2D eigenvalue weighted by Crippen LogP contribution is 2.41. The molecule has 0 saturated heterocycles. The maximum absolute atomic E-state index is 13.3. The van der Waals surface area contributed by atoms with Gasteiger partial charge in [-0.3, -0.25) is 9.59 Å². The highest BCUT2D eigenvalue weighted by atomic mass is 32.1. The standard InChI is InChI=1S/C26H30N2O4S/c1-28(2,3)12-13-32-20-8-9-22-21(14-20)27-24(33-22)11-10-23(29)26(17-25(30)31)15-18-6-4-5-7-19(18)16-26/h4-9,14H,10-13,15-17H2,1-3H3/p+1. The molecule has 7 heteroatoms. The van der Waals surface area contributed by atoms with Crippen LogP contribution in [0.5, 0.6) is 5.75 Å². The molecule has 6 nitrogen and oxygen atoms in total. The first kappa shape index (κ1) is 23.4. The second kappa shape index (κ2) is 9.23. The van der Waals surface area contributed by atoms with E-state index in [1.54, 1.807) is 11.3 Å². The molecule has 1 aliphatic carbocycles. The molecule has 33 heavy (non-hydrogen) atoms. The quantitative estimate of drug-likeness (QED) is 0.454. The number of likely N-dealkylation sites (N-methyl/N-ethyl adjacent to an activating group) is 1. The van der Waals surface area contributed by atoms with Gasteiger partial charge in [-0.25, -0.2) is 4.98 Å². The molecule has 4 rings (SSSR count). The zero-order valence-electron chi connectivity index (χ0n) is 19.5. The third-order valence-corrected chi connectivity index (χ3v) is 7.35. The van der Waals surface area contributed by atoms with Crippen molar-refractivity contribution in [3.05, 3.63) is 58.6 Å². The van der Waals surface area contributed by atoms with Crippen molar-refractivity contribution in [3.63, 3.8) is 0 Å². The van der Waals surface area contributed by atoms with Crippen molar-refractivity contribution < 1.29 is 23.9 Å². The van der Waals surface area contributed by atoms with Crippen LogP contribution in [-0.2, 0) is 28.9 Å². The van der Waals surface area contributed by atoms with Gasteiger partial charge in [0.05, 0.1) is 42.8 Å². The molecule has 0 bridgehead atoms. The Morgan fingerprint density at radius 2 is 1.82 bits per heavy atom.